The summed E-state index contributed by atoms with van der Waals surface area (Å²) in [7, 11) is 0. The number of halogens is 2. The van der Waals surface area contributed by atoms with Gasteiger partial charge in [-0.3, -0.25) is 0 Å². The third kappa shape index (κ3) is 11.1. The molecule has 0 aliphatic carbocycles. The second kappa shape index (κ2) is 19.6. The number of hydrogen-bond donors (Lipinski definition) is 0. The number of nitrogens with zero attached hydrogens (tertiary/aromatic N) is 3. The number of rotatable bonds is 9. The Morgan fingerprint density at radius 2 is 0.778 bits per heavy atom. The first-order valence-corrected chi connectivity index (χ1v) is 27.8. The molecule has 0 N–H and O–H groups in total. The minimum atomic E-state index is -0.0180. The van der Waals surface area contributed by atoms with Crippen molar-refractivity contribution in [3.8, 4) is 0 Å². The van der Waals surface area contributed by atoms with Crippen molar-refractivity contribution in [3.63, 3.8) is 0 Å². The number of thiophene rings is 1. The predicted octanol–water partition coefficient (Wildman–Crippen LogP) is 21.7. The molecule has 374 valence electrons. The van der Waals surface area contributed by atoms with Gasteiger partial charge >= 0.3 is 0 Å². The molecule has 1 aromatic heterocycles. The normalized spacial score (nSPS) is 12.7. The fourth-order valence-corrected chi connectivity index (χ4v) is 11.4. The third-order valence-corrected chi connectivity index (χ3v) is 16.0. The molecule has 0 saturated heterocycles. The van der Waals surface area contributed by atoms with E-state index in [1.54, 1.807) is 11.3 Å². The summed E-state index contributed by atoms with van der Waals surface area (Å²) in [6, 6.07) is 52.5. The molecule has 1 heterocycles. The molecule has 3 nitrogen and oxygen atoms in total. The van der Waals surface area contributed by atoms with E-state index in [0.29, 0.717) is 5.02 Å². The topological polar surface area (TPSA) is 9.72 Å². The fourth-order valence-electron chi connectivity index (χ4n) is 9.63. The highest BCUT2D eigenvalue weighted by molar-refractivity contribution is 14.1. The average molecular weight is 1100 g/mol. The Hall–Kier alpha value is -5.08. The van der Waals surface area contributed by atoms with E-state index in [1.807, 2.05) is 0 Å². The van der Waals surface area contributed by atoms with Gasteiger partial charge in [-0.2, -0.15) is 0 Å². The van der Waals surface area contributed by atoms with Crippen LogP contribution in [0.15, 0.2) is 145 Å². The second-order valence-corrected chi connectivity index (χ2v) is 27.5. The van der Waals surface area contributed by atoms with Crippen LogP contribution >= 0.6 is 45.5 Å². The zero-order valence-corrected chi connectivity index (χ0v) is 49.6. The van der Waals surface area contributed by atoms with Gasteiger partial charge in [0.2, 0.25) is 0 Å². The largest absolute Gasteiger partial charge is 0.310 e. The molecule has 0 saturated carbocycles. The second-order valence-electron chi connectivity index (χ2n) is 25.0. The van der Waals surface area contributed by atoms with E-state index in [-0.39, 0.29) is 27.1 Å². The number of anilines is 9. The molecule has 0 radical (unpaired) electrons. The molecule has 0 amide bonds. The van der Waals surface area contributed by atoms with Crippen LogP contribution < -0.4 is 14.7 Å². The van der Waals surface area contributed by atoms with Gasteiger partial charge in [-0.25, -0.2) is 0 Å². The Morgan fingerprint density at radius 1 is 0.389 bits per heavy atom. The van der Waals surface area contributed by atoms with Crippen LogP contribution in [0.4, 0.5) is 51.2 Å². The summed E-state index contributed by atoms with van der Waals surface area (Å²) < 4.78 is 2.32. The molecule has 0 bridgehead atoms. The molecule has 0 unspecified atom stereocenters. The van der Waals surface area contributed by atoms with Crippen molar-refractivity contribution in [2.24, 2.45) is 0 Å². The molecule has 8 rings (SSSR count). The molecular weight excluding hydrogens is 1030 g/mol. The van der Waals surface area contributed by atoms with Crippen LogP contribution in [0.5, 0.6) is 0 Å². The van der Waals surface area contributed by atoms with Gasteiger partial charge < -0.3 is 14.7 Å². The first kappa shape index (κ1) is 53.2. The van der Waals surface area contributed by atoms with Crippen molar-refractivity contribution in [1.29, 1.82) is 0 Å². The van der Waals surface area contributed by atoms with E-state index in [1.165, 1.54) is 54.7 Å². The maximum absolute atomic E-state index is 8.14. The third-order valence-electron chi connectivity index (χ3n) is 14.0. The van der Waals surface area contributed by atoms with Crippen molar-refractivity contribution in [2.75, 3.05) is 14.7 Å². The van der Waals surface area contributed by atoms with Crippen LogP contribution in [0.1, 0.15) is 143 Å². The van der Waals surface area contributed by atoms with Crippen LogP contribution in [-0.2, 0) is 27.1 Å². The maximum atomic E-state index is 8.14. The Labute approximate surface area is 455 Å². The van der Waals surface area contributed by atoms with Gasteiger partial charge in [-0.05, 0) is 181 Å². The van der Waals surface area contributed by atoms with Crippen LogP contribution in [0.2, 0.25) is 5.02 Å². The molecule has 7 aromatic carbocycles. The highest BCUT2D eigenvalue weighted by Gasteiger charge is 2.29. The van der Waals surface area contributed by atoms with Crippen molar-refractivity contribution in [3.05, 3.63) is 192 Å². The Bertz CT molecular complexity index is 3210. The lowest BCUT2D eigenvalue weighted by Gasteiger charge is -2.34. The van der Waals surface area contributed by atoms with Gasteiger partial charge in [-0.1, -0.05) is 176 Å². The fraction of sp³-hybridized carbons (Fsp3) is 0.333. The number of aryl methyl sites for hydroxylation is 2. The number of fused-ring (bicyclic) bond motifs is 1. The summed E-state index contributed by atoms with van der Waals surface area (Å²) >= 11 is 12.4. The first-order chi connectivity index (χ1) is 33.5. The summed E-state index contributed by atoms with van der Waals surface area (Å²) in [4.78, 5) is 7.20. The summed E-state index contributed by atoms with van der Waals surface area (Å²) in [5.41, 5.74) is 18.3. The Balaban J connectivity index is 1.38. The molecule has 0 aliphatic heterocycles. The molecule has 0 aliphatic rings. The van der Waals surface area contributed by atoms with Crippen molar-refractivity contribution >= 4 is 107 Å². The van der Waals surface area contributed by atoms with Crippen molar-refractivity contribution < 1.29 is 0 Å². The monoisotopic (exact) mass is 1100 g/mol. The minimum Gasteiger partial charge on any atom is -0.310 e. The highest BCUT2D eigenvalue weighted by atomic mass is 127. The number of benzene rings is 7. The Morgan fingerprint density at radius 3 is 1.22 bits per heavy atom. The van der Waals surface area contributed by atoms with Crippen LogP contribution in [-0.4, -0.2) is 0 Å². The molecule has 8 aromatic rings. The van der Waals surface area contributed by atoms with Crippen LogP contribution in [0.25, 0.3) is 10.1 Å². The Kier molecular flexibility index (Phi) is 14.5. The smallest absolute Gasteiger partial charge is 0.0887 e. The minimum absolute atomic E-state index is 0.00327. The van der Waals surface area contributed by atoms with Gasteiger partial charge in [0.1, 0.15) is 0 Å². The molecule has 0 atom stereocenters. The summed E-state index contributed by atoms with van der Waals surface area (Å²) in [6.07, 6.45) is 0. The standard InChI is InChI=1S/C66H75ClIN3S/c1-42-35-48(66(15,16)17)36-43(2)61(42)70(51-30-23-45(24-31-51)63(6,7)8)54-20-18-19-53(40-54)69(50-28-21-44(22-29-50)62(3,4)5)56-38-49(68)39-57(60(56)67)71(52-32-25-46(26-33-52)64(9,10)11)58-41-72-59-34-27-47(37-55(58)59)65(12,13)14/h18-41H,1-17H3. The van der Waals surface area contributed by atoms with Crippen LogP contribution in [0.3, 0.4) is 0 Å². The van der Waals surface area contributed by atoms with Gasteiger partial charge in [0.05, 0.1) is 27.8 Å². The van der Waals surface area contributed by atoms with E-state index in [9.17, 15) is 0 Å². The molecular formula is C66H75ClIN3S. The van der Waals surface area contributed by atoms with E-state index in [2.05, 4.69) is 300 Å². The van der Waals surface area contributed by atoms with Gasteiger partial charge in [0, 0.05) is 47.5 Å². The summed E-state index contributed by atoms with van der Waals surface area (Å²) in [5.74, 6) is 0. The zero-order valence-electron chi connectivity index (χ0n) is 45.9. The maximum Gasteiger partial charge on any atom is 0.0887 e. The van der Waals surface area contributed by atoms with E-state index < -0.39 is 0 Å². The first-order valence-electron chi connectivity index (χ1n) is 25.5. The zero-order chi connectivity index (χ0) is 52.5. The van der Waals surface area contributed by atoms with Crippen LogP contribution in [0, 0.1) is 17.4 Å². The lowest BCUT2D eigenvalue weighted by molar-refractivity contribution is 0.589. The van der Waals surface area contributed by atoms with Gasteiger partial charge in [0.15, 0.2) is 0 Å². The molecule has 6 heteroatoms. The van der Waals surface area contributed by atoms with Gasteiger partial charge in [0.25, 0.3) is 0 Å². The van der Waals surface area contributed by atoms with Gasteiger partial charge in [-0.15, -0.1) is 11.3 Å². The lowest BCUT2D eigenvalue weighted by Crippen LogP contribution is -2.18. The summed E-state index contributed by atoms with van der Waals surface area (Å²) in [6.45, 7) is 38.7. The van der Waals surface area contributed by atoms with E-state index >= 15 is 0 Å². The number of hydrogen-bond acceptors (Lipinski definition) is 4. The molecule has 72 heavy (non-hydrogen) atoms. The van der Waals surface area contributed by atoms with E-state index in [4.69, 9.17) is 11.6 Å². The van der Waals surface area contributed by atoms with Crippen molar-refractivity contribution in [2.45, 2.75) is 145 Å². The average Bonchev–Trinajstić information content (AvgIpc) is 3.71. The predicted molar refractivity (Wildman–Crippen MR) is 327 cm³/mol. The lowest BCUT2D eigenvalue weighted by atomic mass is 9.84. The molecule has 0 spiro atoms. The summed E-state index contributed by atoms with van der Waals surface area (Å²) in [5, 5.41) is 4.17. The SMILES string of the molecule is Cc1cc(C(C)(C)C)cc(C)c1N(c1ccc(C(C)(C)C)cc1)c1cccc(N(c2ccc(C(C)(C)C)cc2)c2cc(I)cc(N(c3ccc(C(C)(C)C)cc3)c3csc4ccc(C(C)(C)C)cc34)c2Cl)c1. The van der Waals surface area contributed by atoms with Crippen molar-refractivity contribution in [1.82, 2.24) is 0 Å². The molecule has 0 fully saturated rings. The van der Waals surface area contributed by atoms with E-state index in [0.717, 1.165) is 49.1 Å². The highest BCUT2D eigenvalue weighted by Crippen LogP contribution is 2.52. The quantitative estimate of drug-likeness (QED) is 0.133.